The van der Waals surface area contributed by atoms with Crippen LogP contribution in [0.3, 0.4) is 0 Å². The largest absolute Gasteiger partial charge is 0.497 e. The fourth-order valence-corrected chi connectivity index (χ4v) is 3.36. The zero-order valence-electron chi connectivity index (χ0n) is 17.6. The second-order valence-electron chi connectivity index (χ2n) is 8.01. The summed E-state index contributed by atoms with van der Waals surface area (Å²) in [4.78, 5) is 12.4. The standard InChI is InChI=1S/C22H27BO5/c1-14-17(15-8-10-16(25-6)11-9-15)12-13-18(20(24)26-7)19(14)23-27-21(2,3)22(4,5)28-23/h8-13H,1-7H3. The van der Waals surface area contributed by atoms with Crippen molar-refractivity contribution >= 4 is 18.6 Å². The minimum atomic E-state index is -0.655. The van der Waals surface area contributed by atoms with Crippen LogP contribution in [0.25, 0.3) is 11.1 Å². The maximum atomic E-state index is 12.4. The Morgan fingerprint density at radius 1 is 0.929 bits per heavy atom. The molecule has 0 aromatic heterocycles. The minimum Gasteiger partial charge on any atom is -0.497 e. The third kappa shape index (κ3) is 3.42. The minimum absolute atomic E-state index is 0.408. The van der Waals surface area contributed by atoms with E-state index in [0.717, 1.165) is 22.4 Å². The summed E-state index contributed by atoms with van der Waals surface area (Å²) in [5, 5.41) is 0. The van der Waals surface area contributed by atoms with E-state index in [4.69, 9.17) is 18.8 Å². The quantitative estimate of drug-likeness (QED) is 0.596. The Labute approximate surface area is 167 Å². The van der Waals surface area contributed by atoms with Gasteiger partial charge < -0.3 is 18.8 Å². The van der Waals surface area contributed by atoms with E-state index in [1.165, 1.54) is 7.11 Å². The van der Waals surface area contributed by atoms with Crippen LogP contribution >= 0.6 is 0 Å². The summed E-state index contributed by atoms with van der Waals surface area (Å²) in [6, 6.07) is 11.5. The first-order valence-electron chi connectivity index (χ1n) is 9.33. The lowest BCUT2D eigenvalue weighted by Crippen LogP contribution is -2.41. The SMILES string of the molecule is COC(=O)c1ccc(-c2ccc(OC)cc2)c(C)c1B1OC(C)(C)C(C)(C)O1. The molecular weight excluding hydrogens is 355 g/mol. The molecule has 0 aliphatic carbocycles. The molecule has 1 heterocycles. The number of ether oxygens (including phenoxy) is 2. The van der Waals surface area contributed by atoms with Gasteiger partial charge in [-0.15, -0.1) is 0 Å². The van der Waals surface area contributed by atoms with E-state index < -0.39 is 24.3 Å². The van der Waals surface area contributed by atoms with E-state index in [0.29, 0.717) is 11.0 Å². The molecule has 0 bridgehead atoms. The van der Waals surface area contributed by atoms with Gasteiger partial charge in [-0.25, -0.2) is 4.79 Å². The van der Waals surface area contributed by atoms with Crippen molar-refractivity contribution < 1.29 is 23.6 Å². The third-order valence-electron chi connectivity index (χ3n) is 5.81. The molecule has 2 aromatic carbocycles. The summed E-state index contributed by atoms with van der Waals surface area (Å²) < 4.78 is 22.7. The van der Waals surface area contributed by atoms with Gasteiger partial charge in [-0.05, 0) is 69.5 Å². The van der Waals surface area contributed by atoms with Gasteiger partial charge in [-0.2, -0.15) is 0 Å². The topological polar surface area (TPSA) is 54.0 Å². The molecular formula is C22H27BO5. The average Bonchev–Trinajstić information content (AvgIpc) is 2.87. The Balaban J connectivity index is 2.14. The lowest BCUT2D eigenvalue weighted by atomic mass is 9.71. The van der Waals surface area contributed by atoms with Crippen molar-refractivity contribution in [2.45, 2.75) is 45.8 Å². The molecule has 148 valence electrons. The predicted molar refractivity (Wildman–Crippen MR) is 110 cm³/mol. The summed E-state index contributed by atoms with van der Waals surface area (Å²) in [6.07, 6.45) is 0. The Kier molecular flexibility index (Phi) is 5.30. The number of rotatable bonds is 4. The highest BCUT2D eigenvalue weighted by atomic mass is 16.7. The van der Waals surface area contributed by atoms with Gasteiger partial charge in [0.15, 0.2) is 0 Å². The van der Waals surface area contributed by atoms with Crippen molar-refractivity contribution in [1.82, 2.24) is 0 Å². The van der Waals surface area contributed by atoms with Gasteiger partial charge in [0.2, 0.25) is 0 Å². The molecule has 1 aliphatic heterocycles. The lowest BCUT2D eigenvalue weighted by Gasteiger charge is -2.32. The molecule has 0 radical (unpaired) electrons. The number of benzene rings is 2. The molecule has 0 amide bonds. The fourth-order valence-electron chi connectivity index (χ4n) is 3.36. The molecule has 0 atom stereocenters. The second kappa shape index (κ2) is 7.26. The van der Waals surface area contributed by atoms with Crippen LogP contribution < -0.4 is 10.2 Å². The number of esters is 1. The summed E-state index contributed by atoms with van der Waals surface area (Å²) >= 11 is 0. The maximum absolute atomic E-state index is 12.4. The van der Waals surface area contributed by atoms with E-state index in [2.05, 4.69) is 0 Å². The lowest BCUT2D eigenvalue weighted by molar-refractivity contribution is 0.00578. The van der Waals surface area contributed by atoms with Gasteiger partial charge >= 0.3 is 13.1 Å². The molecule has 5 nitrogen and oxygen atoms in total. The van der Waals surface area contributed by atoms with Crippen LogP contribution in [0.1, 0.15) is 43.6 Å². The molecule has 1 fully saturated rings. The van der Waals surface area contributed by atoms with Crippen molar-refractivity contribution in [3.8, 4) is 16.9 Å². The monoisotopic (exact) mass is 382 g/mol. The highest BCUT2D eigenvalue weighted by Gasteiger charge is 2.53. The molecule has 1 aliphatic rings. The third-order valence-corrected chi connectivity index (χ3v) is 5.81. The van der Waals surface area contributed by atoms with Crippen LogP contribution in [-0.2, 0) is 14.0 Å². The number of hydrogen-bond acceptors (Lipinski definition) is 5. The van der Waals surface area contributed by atoms with Gasteiger partial charge in [-0.3, -0.25) is 0 Å². The summed E-state index contributed by atoms with van der Waals surface area (Å²) in [6.45, 7) is 9.95. The van der Waals surface area contributed by atoms with Crippen LogP contribution in [0.2, 0.25) is 0 Å². The average molecular weight is 382 g/mol. The molecule has 0 spiro atoms. The Bertz CT molecular complexity index is 871. The maximum Gasteiger partial charge on any atom is 0.496 e. The molecule has 3 rings (SSSR count). The van der Waals surface area contributed by atoms with E-state index in [-0.39, 0.29) is 0 Å². The molecule has 0 saturated carbocycles. The normalized spacial score (nSPS) is 17.5. The van der Waals surface area contributed by atoms with Crippen LogP contribution in [0.15, 0.2) is 36.4 Å². The van der Waals surface area contributed by atoms with Crippen molar-refractivity contribution in [1.29, 1.82) is 0 Å². The number of hydrogen-bond donors (Lipinski definition) is 0. The molecule has 1 saturated heterocycles. The van der Waals surface area contributed by atoms with Crippen LogP contribution in [0.4, 0.5) is 0 Å². The summed E-state index contributed by atoms with van der Waals surface area (Å²) in [7, 11) is 2.36. The van der Waals surface area contributed by atoms with E-state index >= 15 is 0 Å². The van der Waals surface area contributed by atoms with Crippen molar-refractivity contribution in [3.63, 3.8) is 0 Å². The predicted octanol–water partition coefficient (Wildman–Crippen LogP) is 3.76. The van der Waals surface area contributed by atoms with Crippen LogP contribution in [-0.4, -0.2) is 38.5 Å². The second-order valence-corrected chi connectivity index (χ2v) is 8.01. The van der Waals surface area contributed by atoms with Crippen LogP contribution in [0, 0.1) is 6.92 Å². The van der Waals surface area contributed by atoms with Gasteiger partial charge in [0.1, 0.15) is 5.75 Å². The molecule has 0 N–H and O–H groups in total. The van der Waals surface area contributed by atoms with Gasteiger partial charge in [0.05, 0.1) is 31.0 Å². The van der Waals surface area contributed by atoms with Crippen molar-refractivity contribution in [3.05, 3.63) is 47.5 Å². The Morgan fingerprint density at radius 2 is 1.50 bits per heavy atom. The molecule has 0 unspecified atom stereocenters. The van der Waals surface area contributed by atoms with E-state index in [1.807, 2.05) is 65.0 Å². The van der Waals surface area contributed by atoms with Crippen molar-refractivity contribution in [2.24, 2.45) is 0 Å². The molecule has 6 heteroatoms. The Morgan fingerprint density at radius 3 is 2.00 bits per heavy atom. The first-order chi connectivity index (χ1) is 13.1. The zero-order chi connectivity index (χ0) is 20.7. The summed E-state index contributed by atoms with van der Waals surface area (Å²) in [5.74, 6) is 0.382. The first kappa shape index (κ1) is 20.4. The first-order valence-corrected chi connectivity index (χ1v) is 9.33. The number of carbonyl (C=O) groups excluding carboxylic acids is 1. The van der Waals surface area contributed by atoms with Gasteiger partial charge in [-0.1, -0.05) is 18.2 Å². The van der Waals surface area contributed by atoms with E-state index in [9.17, 15) is 4.79 Å². The number of carbonyl (C=O) groups is 1. The highest BCUT2D eigenvalue weighted by molar-refractivity contribution is 6.64. The van der Waals surface area contributed by atoms with E-state index in [1.54, 1.807) is 13.2 Å². The van der Waals surface area contributed by atoms with Gasteiger partial charge in [0.25, 0.3) is 0 Å². The van der Waals surface area contributed by atoms with Crippen molar-refractivity contribution in [2.75, 3.05) is 14.2 Å². The summed E-state index contributed by atoms with van der Waals surface area (Å²) in [5.41, 5.74) is 3.09. The highest BCUT2D eigenvalue weighted by Crippen LogP contribution is 2.37. The molecule has 2 aromatic rings. The van der Waals surface area contributed by atoms with Crippen LogP contribution in [0.5, 0.6) is 5.75 Å². The van der Waals surface area contributed by atoms with Gasteiger partial charge in [0, 0.05) is 5.46 Å². The zero-order valence-corrected chi connectivity index (χ0v) is 17.6. The smallest absolute Gasteiger partial charge is 0.496 e. The Hall–Kier alpha value is -2.31. The number of methoxy groups -OCH3 is 2. The fraction of sp³-hybridized carbons (Fsp3) is 0.409. The molecule has 28 heavy (non-hydrogen) atoms.